The van der Waals surface area contributed by atoms with Crippen molar-refractivity contribution >= 4 is 12.0 Å². The predicted octanol–water partition coefficient (Wildman–Crippen LogP) is -0.490. The number of carbonyl (C=O) groups excluding carboxylic acids is 1. The Bertz CT molecular complexity index is 365. The minimum Gasteiger partial charge on any atom is -0.480 e. The summed E-state index contributed by atoms with van der Waals surface area (Å²) in [6.07, 6.45) is 2.23. The number of carbonyl (C=O) groups is 2. The summed E-state index contributed by atoms with van der Waals surface area (Å²) in [7, 11) is 0. The molecule has 0 bridgehead atoms. The molecule has 94 valence electrons. The van der Waals surface area contributed by atoms with Crippen LogP contribution in [0.1, 0.15) is 19.2 Å². The number of amides is 2. The normalized spacial score (nSPS) is 11.8. The molecule has 0 aliphatic carbocycles. The van der Waals surface area contributed by atoms with E-state index in [9.17, 15) is 9.59 Å². The van der Waals surface area contributed by atoms with Gasteiger partial charge in [-0.2, -0.15) is 5.10 Å². The van der Waals surface area contributed by atoms with Crippen LogP contribution in [0.5, 0.6) is 0 Å². The van der Waals surface area contributed by atoms with Crippen LogP contribution in [0.25, 0.3) is 0 Å². The molecule has 1 rings (SSSR count). The van der Waals surface area contributed by atoms with Gasteiger partial charge in [0.25, 0.3) is 0 Å². The van der Waals surface area contributed by atoms with E-state index in [2.05, 4.69) is 25.8 Å². The molecule has 0 unspecified atom stereocenters. The molecular weight excluding hydrogens is 226 g/mol. The standard InChI is InChI=1S/C9H15N5O3/c1-2-6(8(15)16)13-9(17)10-4-3-7-11-5-12-14-7/h5-6H,2-4H2,1H3,(H,15,16)(H2,10,13,17)(H,11,12,14)/t6-/m0/s1. The van der Waals surface area contributed by atoms with Gasteiger partial charge in [0.1, 0.15) is 18.2 Å². The highest BCUT2D eigenvalue weighted by molar-refractivity contribution is 5.82. The maximum Gasteiger partial charge on any atom is 0.326 e. The molecule has 0 aliphatic rings. The Hall–Kier alpha value is -2.12. The first-order valence-electron chi connectivity index (χ1n) is 5.25. The van der Waals surface area contributed by atoms with Crippen molar-refractivity contribution in [1.29, 1.82) is 0 Å². The van der Waals surface area contributed by atoms with Gasteiger partial charge in [-0.15, -0.1) is 0 Å². The minimum atomic E-state index is -1.04. The summed E-state index contributed by atoms with van der Waals surface area (Å²) >= 11 is 0. The van der Waals surface area contributed by atoms with Crippen molar-refractivity contribution in [2.24, 2.45) is 0 Å². The second kappa shape index (κ2) is 6.46. The number of aromatic amines is 1. The van der Waals surface area contributed by atoms with Gasteiger partial charge in [-0.3, -0.25) is 5.10 Å². The molecule has 4 N–H and O–H groups in total. The number of hydrogen-bond donors (Lipinski definition) is 4. The van der Waals surface area contributed by atoms with Crippen LogP contribution in [0, 0.1) is 0 Å². The first-order valence-corrected chi connectivity index (χ1v) is 5.25. The van der Waals surface area contributed by atoms with Gasteiger partial charge in [0.15, 0.2) is 0 Å². The molecule has 1 atom stereocenters. The smallest absolute Gasteiger partial charge is 0.326 e. The summed E-state index contributed by atoms with van der Waals surface area (Å²) in [5.41, 5.74) is 0. The Morgan fingerprint density at radius 3 is 2.88 bits per heavy atom. The van der Waals surface area contributed by atoms with E-state index in [4.69, 9.17) is 5.11 Å². The van der Waals surface area contributed by atoms with Crippen LogP contribution in [0.4, 0.5) is 4.79 Å². The molecule has 8 heteroatoms. The molecule has 0 saturated heterocycles. The summed E-state index contributed by atoms with van der Waals surface area (Å²) in [5.74, 6) is -0.381. The molecule has 2 amide bonds. The molecule has 0 aliphatic heterocycles. The Morgan fingerprint density at radius 2 is 2.35 bits per heavy atom. The molecule has 0 aromatic carbocycles. The Labute approximate surface area is 97.8 Å². The molecule has 0 fully saturated rings. The largest absolute Gasteiger partial charge is 0.480 e. The number of hydrogen-bond acceptors (Lipinski definition) is 4. The van der Waals surface area contributed by atoms with Gasteiger partial charge in [-0.25, -0.2) is 14.6 Å². The summed E-state index contributed by atoms with van der Waals surface area (Å²) in [5, 5.41) is 19.9. The number of aliphatic carboxylic acids is 1. The fraction of sp³-hybridized carbons (Fsp3) is 0.556. The monoisotopic (exact) mass is 241 g/mol. The van der Waals surface area contributed by atoms with E-state index in [1.165, 1.54) is 6.33 Å². The van der Waals surface area contributed by atoms with Crippen molar-refractivity contribution in [3.05, 3.63) is 12.2 Å². The van der Waals surface area contributed by atoms with Crippen molar-refractivity contribution in [2.45, 2.75) is 25.8 Å². The van der Waals surface area contributed by atoms with Crippen LogP contribution in [-0.4, -0.2) is 44.9 Å². The maximum atomic E-state index is 11.3. The number of rotatable bonds is 6. The zero-order valence-corrected chi connectivity index (χ0v) is 9.43. The van der Waals surface area contributed by atoms with E-state index < -0.39 is 18.0 Å². The Morgan fingerprint density at radius 1 is 1.59 bits per heavy atom. The molecule has 1 heterocycles. The highest BCUT2D eigenvalue weighted by atomic mass is 16.4. The lowest BCUT2D eigenvalue weighted by molar-refractivity contribution is -0.139. The molecule has 17 heavy (non-hydrogen) atoms. The van der Waals surface area contributed by atoms with E-state index in [0.29, 0.717) is 25.2 Å². The number of carboxylic acids is 1. The van der Waals surface area contributed by atoms with E-state index >= 15 is 0 Å². The number of urea groups is 1. The molecule has 1 aromatic heterocycles. The van der Waals surface area contributed by atoms with Gasteiger partial charge >= 0.3 is 12.0 Å². The van der Waals surface area contributed by atoms with Gasteiger partial charge in [-0.05, 0) is 6.42 Å². The van der Waals surface area contributed by atoms with Gasteiger partial charge in [0.05, 0.1) is 0 Å². The van der Waals surface area contributed by atoms with Crippen LogP contribution in [0.2, 0.25) is 0 Å². The first-order chi connectivity index (χ1) is 8.13. The average Bonchev–Trinajstić information content (AvgIpc) is 2.78. The second-order valence-corrected chi connectivity index (χ2v) is 3.38. The lowest BCUT2D eigenvalue weighted by Gasteiger charge is -2.12. The topological polar surface area (TPSA) is 120 Å². The van der Waals surface area contributed by atoms with Crippen molar-refractivity contribution in [3.63, 3.8) is 0 Å². The van der Waals surface area contributed by atoms with E-state index in [0.717, 1.165) is 0 Å². The first kappa shape index (κ1) is 12.9. The molecule has 0 radical (unpaired) electrons. The van der Waals surface area contributed by atoms with Crippen molar-refractivity contribution in [2.75, 3.05) is 6.54 Å². The van der Waals surface area contributed by atoms with Crippen LogP contribution in [-0.2, 0) is 11.2 Å². The second-order valence-electron chi connectivity index (χ2n) is 3.38. The fourth-order valence-electron chi connectivity index (χ4n) is 1.19. The highest BCUT2D eigenvalue weighted by Gasteiger charge is 2.16. The number of nitrogens with one attached hydrogen (secondary N) is 3. The maximum absolute atomic E-state index is 11.3. The number of H-pyrrole nitrogens is 1. The van der Waals surface area contributed by atoms with Crippen LogP contribution < -0.4 is 10.6 Å². The van der Waals surface area contributed by atoms with Crippen molar-refractivity contribution in [1.82, 2.24) is 25.8 Å². The highest BCUT2D eigenvalue weighted by Crippen LogP contribution is 1.90. The molecule has 1 aromatic rings. The molecule has 0 saturated carbocycles. The van der Waals surface area contributed by atoms with Crippen molar-refractivity contribution in [3.8, 4) is 0 Å². The fourth-order valence-corrected chi connectivity index (χ4v) is 1.19. The summed E-state index contributed by atoms with van der Waals surface area (Å²) in [6, 6.07) is -1.36. The predicted molar refractivity (Wildman–Crippen MR) is 58.3 cm³/mol. The van der Waals surface area contributed by atoms with E-state index in [1.807, 2.05) is 0 Å². The van der Waals surface area contributed by atoms with Gasteiger partial charge in [0.2, 0.25) is 0 Å². The molecule has 0 spiro atoms. The number of carboxylic acid groups (broad SMARTS) is 1. The molecule has 8 nitrogen and oxygen atoms in total. The quantitative estimate of drug-likeness (QED) is 0.535. The Kier molecular flexibility index (Phi) is 4.92. The molecular formula is C9H15N5O3. The number of aromatic nitrogens is 3. The SMILES string of the molecule is CC[C@H](NC(=O)NCCc1ncn[nH]1)C(=O)O. The third-order valence-corrected chi connectivity index (χ3v) is 2.12. The summed E-state index contributed by atoms with van der Waals surface area (Å²) in [4.78, 5) is 25.9. The summed E-state index contributed by atoms with van der Waals surface area (Å²) in [6.45, 7) is 2.05. The number of nitrogens with zero attached hydrogens (tertiary/aromatic N) is 2. The lowest BCUT2D eigenvalue weighted by atomic mass is 10.2. The van der Waals surface area contributed by atoms with Gasteiger partial charge in [-0.1, -0.05) is 6.92 Å². The third-order valence-electron chi connectivity index (χ3n) is 2.12. The van der Waals surface area contributed by atoms with E-state index in [-0.39, 0.29) is 0 Å². The van der Waals surface area contributed by atoms with Crippen LogP contribution in [0.3, 0.4) is 0 Å². The Balaban J connectivity index is 2.23. The lowest BCUT2D eigenvalue weighted by Crippen LogP contribution is -2.46. The summed E-state index contributed by atoms with van der Waals surface area (Å²) < 4.78 is 0. The van der Waals surface area contributed by atoms with Crippen molar-refractivity contribution < 1.29 is 14.7 Å². The third kappa shape index (κ3) is 4.49. The van der Waals surface area contributed by atoms with Gasteiger partial charge in [0, 0.05) is 13.0 Å². The zero-order valence-electron chi connectivity index (χ0n) is 9.43. The minimum absolute atomic E-state index is 0.338. The zero-order chi connectivity index (χ0) is 12.7. The van der Waals surface area contributed by atoms with E-state index in [1.54, 1.807) is 6.92 Å². The average molecular weight is 241 g/mol. The van der Waals surface area contributed by atoms with Crippen LogP contribution >= 0.6 is 0 Å². The van der Waals surface area contributed by atoms with Gasteiger partial charge < -0.3 is 15.7 Å². The van der Waals surface area contributed by atoms with Crippen LogP contribution in [0.15, 0.2) is 6.33 Å².